The number of aromatic nitrogens is 4. The summed E-state index contributed by atoms with van der Waals surface area (Å²) in [7, 11) is 0. The number of nitrogens with zero attached hydrogens (tertiary/aromatic N) is 3. The molecule has 0 unspecified atom stereocenters. The van der Waals surface area contributed by atoms with E-state index in [0.717, 1.165) is 27.7 Å². The Kier molecular flexibility index (Phi) is 2.98. The number of amides is 1. The van der Waals surface area contributed by atoms with Crippen LogP contribution in [0.25, 0.3) is 10.9 Å². The van der Waals surface area contributed by atoms with E-state index in [-0.39, 0.29) is 12.5 Å². The number of fused-ring (bicyclic) bond motifs is 1. The molecule has 2 N–H and O–H groups in total. The van der Waals surface area contributed by atoms with E-state index in [4.69, 9.17) is 0 Å². The summed E-state index contributed by atoms with van der Waals surface area (Å²) in [5.74, 6) is -0.118. The minimum Gasteiger partial charge on any atom is -0.323 e. The van der Waals surface area contributed by atoms with Gasteiger partial charge in [0.25, 0.3) is 0 Å². The van der Waals surface area contributed by atoms with E-state index in [1.807, 2.05) is 32.2 Å². The second kappa shape index (κ2) is 4.80. The van der Waals surface area contributed by atoms with Crippen molar-refractivity contribution >= 4 is 22.5 Å². The zero-order chi connectivity index (χ0) is 14.1. The molecule has 0 radical (unpaired) electrons. The molecule has 0 atom stereocenters. The third-order valence-electron chi connectivity index (χ3n) is 3.18. The highest BCUT2D eigenvalue weighted by molar-refractivity contribution is 6.01. The molecule has 0 fully saturated rings. The molecule has 20 heavy (non-hydrogen) atoms. The maximum atomic E-state index is 12.0. The van der Waals surface area contributed by atoms with Gasteiger partial charge >= 0.3 is 0 Å². The van der Waals surface area contributed by atoms with E-state index in [1.165, 1.54) is 0 Å². The average molecular weight is 269 g/mol. The van der Waals surface area contributed by atoms with E-state index in [0.29, 0.717) is 0 Å². The third kappa shape index (κ3) is 2.27. The van der Waals surface area contributed by atoms with Crippen molar-refractivity contribution in [2.24, 2.45) is 0 Å². The monoisotopic (exact) mass is 269 g/mol. The summed E-state index contributed by atoms with van der Waals surface area (Å²) in [4.78, 5) is 12.0. The van der Waals surface area contributed by atoms with Gasteiger partial charge < -0.3 is 5.32 Å². The van der Waals surface area contributed by atoms with Crippen LogP contribution in [0.15, 0.2) is 30.7 Å². The number of hydrogen-bond acceptors (Lipinski definition) is 3. The standard InChI is InChI=1S/C14H15N5O/c1-9-5-16-19(7-9)8-13(20)17-12-4-3-10(2)11-6-15-18-14(11)12/h3-7H,8H2,1-2H3,(H,15,18)(H,17,20). The van der Waals surface area contributed by atoms with E-state index in [9.17, 15) is 4.79 Å². The van der Waals surface area contributed by atoms with Crippen LogP contribution in [0.1, 0.15) is 11.1 Å². The fraction of sp³-hybridized carbons (Fsp3) is 0.214. The Bertz CT molecular complexity index is 771. The zero-order valence-electron chi connectivity index (χ0n) is 11.3. The fourth-order valence-electron chi connectivity index (χ4n) is 2.17. The second-order valence-electron chi connectivity index (χ2n) is 4.85. The Morgan fingerprint density at radius 1 is 1.35 bits per heavy atom. The highest BCUT2D eigenvalue weighted by Gasteiger charge is 2.09. The van der Waals surface area contributed by atoms with Crippen molar-refractivity contribution in [3.05, 3.63) is 41.9 Å². The molecular weight excluding hydrogens is 254 g/mol. The topological polar surface area (TPSA) is 75.6 Å². The fourth-order valence-corrected chi connectivity index (χ4v) is 2.17. The Morgan fingerprint density at radius 3 is 2.95 bits per heavy atom. The van der Waals surface area contributed by atoms with Gasteiger partial charge in [0.15, 0.2) is 0 Å². The van der Waals surface area contributed by atoms with Gasteiger partial charge in [0, 0.05) is 11.6 Å². The first-order chi connectivity index (χ1) is 9.63. The number of rotatable bonds is 3. The van der Waals surface area contributed by atoms with Crippen molar-refractivity contribution in [1.82, 2.24) is 20.0 Å². The summed E-state index contributed by atoms with van der Waals surface area (Å²) in [6, 6.07) is 3.84. The van der Waals surface area contributed by atoms with E-state index in [2.05, 4.69) is 20.6 Å². The van der Waals surface area contributed by atoms with Crippen LogP contribution >= 0.6 is 0 Å². The van der Waals surface area contributed by atoms with Gasteiger partial charge in [-0.3, -0.25) is 14.6 Å². The maximum absolute atomic E-state index is 12.0. The smallest absolute Gasteiger partial charge is 0.246 e. The predicted molar refractivity (Wildman–Crippen MR) is 76.4 cm³/mol. The van der Waals surface area contributed by atoms with Gasteiger partial charge in [0.2, 0.25) is 5.91 Å². The lowest BCUT2D eigenvalue weighted by Crippen LogP contribution is -2.19. The number of benzene rings is 1. The van der Waals surface area contributed by atoms with Crippen LogP contribution in [0.3, 0.4) is 0 Å². The van der Waals surface area contributed by atoms with Crippen molar-refractivity contribution in [1.29, 1.82) is 0 Å². The van der Waals surface area contributed by atoms with Gasteiger partial charge in [-0.05, 0) is 31.0 Å². The van der Waals surface area contributed by atoms with Gasteiger partial charge in [0.1, 0.15) is 6.54 Å². The van der Waals surface area contributed by atoms with Crippen molar-refractivity contribution in [3.63, 3.8) is 0 Å². The number of aryl methyl sites for hydroxylation is 2. The molecular formula is C14H15N5O. The summed E-state index contributed by atoms with van der Waals surface area (Å²) in [5.41, 5.74) is 3.73. The predicted octanol–water partition coefficient (Wildman–Crippen LogP) is 2.01. The molecule has 0 aliphatic rings. The van der Waals surface area contributed by atoms with Crippen LogP contribution < -0.4 is 5.32 Å². The van der Waals surface area contributed by atoms with Crippen LogP contribution in [-0.4, -0.2) is 25.9 Å². The first-order valence-corrected chi connectivity index (χ1v) is 6.35. The molecule has 0 aliphatic carbocycles. The molecule has 1 amide bonds. The van der Waals surface area contributed by atoms with E-state index < -0.39 is 0 Å². The van der Waals surface area contributed by atoms with Gasteiger partial charge in [-0.25, -0.2) is 0 Å². The Labute approximate surface area is 115 Å². The summed E-state index contributed by atoms with van der Waals surface area (Å²) in [5, 5.41) is 14.9. The summed E-state index contributed by atoms with van der Waals surface area (Å²) in [6.45, 7) is 4.14. The molecule has 0 bridgehead atoms. The lowest BCUT2D eigenvalue weighted by atomic mass is 10.1. The van der Waals surface area contributed by atoms with Crippen molar-refractivity contribution in [2.45, 2.75) is 20.4 Å². The number of carbonyl (C=O) groups excluding carboxylic acids is 1. The summed E-state index contributed by atoms with van der Waals surface area (Å²) < 4.78 is 1.61. The highest BCUT2D eigenvalue weighted by atomic mass is 16.2. The molecule has 1 aromatic carbocycles. The second-order valence-corrected chi connectivity index (χ2v) is 4.85. The lowest BCUT2D eigenvalue weighted by molar-refractivity contribution is -0.116. The Morgan fingerprint density at radius 2 is 2.20 bits per heavy atom. The molecule has 3 aromatic rings. The minimum absolute atomic E-state index is 0.118. The summed E-state index contributed by atoms with van der Waals surface area (Å²) in [6.07, 6.45) is 5.32. The van der Waals surface area contributed by atoms with Gasteiger partial charge in [-0.1, -0.05) is 6.07 Å². The summed E-state index contributed by atoms with van der Waals surface area (Å²) >= 11 is 0. The number of carbonyl (C=O) groups is 1. The highest BCUT2D eigenvalue weighted by Crippen LogP contribution is 2.23. The van der Waals surface area contributed by atoms with Crippen molar-refractivity contribution in [2.75, 3.05) is 5.32 Å². The van der Waals surface area contributed by atoms with Gasteiger partial charge in [-0.15, -0.1) is 0 Å². The largest absolute Gasteiger partial charge is 0.323 e. The van der Waals surface area contributed by atoms with E-state index >= 15 is 0 Å². The van der Waals surface area contributed by atoms with E-state index in [1.54, 1.807) is 17.1 Å². The van der Waals surface area contributed by atoms with Crippen LogP contribution in [-0.2, 0) is 11.3 Å². The van der Waals surface area contributed by atoms with Gasteiger partial charge in [-0.2, -0.15) is 10.2 Å². The molecule has 0 spiro atoms. The molecule has 6 nitrogen and oxygen atoms in total. The zero-order valence-corrected chi connectivity index (χ0v) is 11.3. The molecule has 0 saturated carbocycles. The Hall–Kier alpha value is -2.63. The normalized spacial score (nSPS) is 10.9. The number of anilines is 1. The number of nitrogens with one attached hydrogen (secondary N) is 2. The van der Waals surface area contributed by atoms with Crippen LogP contribution in [0.2, 0.25) is 0 Å². The lowest BCUT2D eigenvalue weighted by Gasteiger charge is -2.07. The molecule has 0 aliphatic heterocycles. The van der Waals surface area contributed by atoms with Crippen LogP contribution in [0, 0.1) is 13.8 Å². The molecule has 0 saturated heterocycles. The van der Waals surface area contributed by atoms with Crippen molar-refractivity contribution in [3.8, 4) is 0 Å². The quantitative estimate of drug-likeness (QED) is 0.763. The molecule has 2 heterocycles. The van der Waals surface area contributed by atoms with Crippen LogP contribution in [0.4, 0.5) is 5.69 Å². The Balaban J connectivity index is 1.81. The number of H-pyrrole nitrogens is 1. The third-order valence-corrected chi connectivity index (χ3v) is 3.18. The van der Waals surface area contributed by atoms with Crippen molar-refractivity contribution < 1.29 is 4.79 Å². The molecule has 2 aromatic heterocycles. The number of hydrogen-bond donors (Lipinski definition) is 2. The first kappa shape index (κ1) is 12.4. The molecule has 102 valence electrons. The average Bonchev–Trinajstić information content (AvgIpc) is 3.02. The molecule has 3 rings (SSSR count). The maximum Gasteiger partial charge on any atom is 0.246 e. The number of aromatic amines is 1. The SMILES string of the molecule is Cc1cnn(CC(=O)Nc2ccc(C)c3cn[nH]c23)c1. The minimum atomic E-state index is -0.118. The van der Waals surface area contributed by atoms with Gasteiger partial charge in [0.05, 0.1) is 23.6 Å². The molecule has 6 heteroatoms. The van der Waals surface area contributed by atoms with Crippen LogP contribution in [0.5, 0.6) is 0 Å². The first-order valence-electron chi connectivity index (χ1n) is 6.35.